The van der Waals surface area contributed by atoms with Gasteiger partial charge in [0.15, 0.2) is 0 Å². The Labute approximate surface area is 117 Å². The summed E-state index contributed by atoms with van der Waals surface area (Å²) >= 11 is 12.1. The van der Waals surface area contributed by atoms with Gasteiger partial charge in [0.2, 0.25) is 0 Å². The van der Waals surface area contributed by atoms with Crippen molar-refractivity contribution in [3.63, 3.8) is 0 Å². The van der Waals surface area contributed by atoms with Crippen LogP contribution >= 0.6 is 23.2 Å². The van der Waals surface area contributed by atoms with Crippen LogP contribution in [-0.2, 0) is 6.54 Å². The first-order valence-electron chi connectivity index (χ1n) is 5.75. The molecule has 0 aliphatic rings. The predicted molar refractivity (Wildman–Crippen MR) is 76.0 cm³/mol. The molecule has 1 heterocycles. The van der Waals surface area contributed by atoms with Crippen molar-refractivity contribution in [3.05, 3.63) is 63.9 Å². The zero-order valence-corrected chi connectivity index (χ0v) is 11.5. The lowest BCUT2D eigenvalue weighted by Gasteiger charge is -2.14. The predicted octanol–water partition coefficient (Wildman–Crippen LogP) is 4.24. The van der Waals surface area contributed by atoms with Crippen LogP contribution in [0.1, 0.15) is 24.2 Å². The smallest absolute Gasteiger partial charge is 0.0570 e. The maximum Gasteiger partial charge on any atom is 0.0570 e. The van der Waals surface area contributed by atoms with Crippen molar-refractivity contribution >= 4 is 23.2 Å². The van der Waals surface area contributed by atoms with Gasteiger partial charge in [0.1, 0.15) is 0 Å². The number of aromatic nitrogens is 1. The van der Waals surface area contributed by atoms with Gasteiger partial charge in [-0.15, -0.1) is 0 Å². The fourth-order valence-electron chi connectivity index (χ4n) is 1.68. The Morgan fingerprint density at radius 2 is 2.06 bits per heavy atom. The van der Waals surface area contributed by atoms with Crippen LogP contribution < -0.4 is 5.32 Å². The van der Waals surface area contributed by atoms with Crippen LogP contribution in [0.4, 0.5) is 0 Å². The van der Waals surface area contributed by atoms with Crippen molar-refractivity contribution in [2.24, 2.45) is 0 Å². The molecule has 94 valence electrons. The number of nitrogens with one attached hydrogen (secondary N) is 1. The summed E-state index contributed by atoms with van der Waals surface area (Å²) in [5.74, 6) is 0. The summed E-state index contributed by atoms with van der Waals surface area (Å²) in [4.78, 5) is 4.31. The summed E-state index contributed by atoms with van der Waals surface area (Å²) in [6.07, 6.45) is 1.79. The van der Waals surface area contributed by atoms with Crippen LogP contribution in [0.2, 0.25) is 10.0 Å². The fourth-order valence-corrected chi connectivity index (χ4v) is 2.06. The number of nitrogens with zero attached hydrogens (tertiary/aromatic N) is 1. The molecule has 0 bridgehead atoms. The van der Waals surface area contributed by atoms with Crippen LogP contribution in [0.5, 0.6) is 0 Å². The molecule has 4 heteroatoms. The molecule has 0 spiro atoms. The third-order valence-corrected chi connectivity index (χ3v) is 3.34. The first kappa shape index (κ1) is 13.3. The van der Waals surface area contributed by atoms with Gasteiger partial charge in [0, 0.05) is 28.8 Å². The first-order valence-corrected chi connectivity index (χ1v) is 6.50. The summed E-state index contributed by atoms with van der Waals surface area (Å²) < 4.78 is 0. The second-order valence-electron chi connectivity index (χ2n) is 4.09. The van der Waals surface area contributed by atoms with Crippen LogP contribution in [0.15, 0.2) is 42.6 Å². The Morgan fingerprint density at radius 1 is 1.22 bits per heavy atom. The largest absolute Gasteiger partial charge is 0.305 e. The zero-order valence-electron chi connectivity index (χ0n) is 10.0. The van der Waals surface area contributed by atoms with Crippen LogP contribution in [-0.4, -0.2) is 4.98 Å². The normalized spacial score (nSPS) is 12.4. The van der Waals surface area contributed by atoms with E-state index in [-0.39, 0.29) is 6.04 Å². The molecule has 1 aromatic heterocycles. The minimum atomic E-state index is 0.168. The maximum absolute atomic E-state index is 6.11. The number of hydrogen-bond acceptors (Lipinski definition) is 2. The van der Waals surface area contributed by atoms with Gasteiger partial charge in [-0.05, 0) is 42.8 Å². The Morgan fingerprint density at radius 3 is 2.78 bits per heavy atom. The lowest BCUT2D eigenvalue weighted by Crippen LogP contribution is -2.19. The summed E-state index contributed by atoms with van der Waals surface area (Å²) in [5, 5.41) is 4.80. The van der Waals surface area contributed by atoms with Gasteiger partial charge in [0.25, 0.3) is 0 Å². The first-order chi connectivity index (χ1) is 8.66. The number of halogens is 2. The van der Waals surface area contributed by atoms with Gasteiger partial charge in [-0.2, -0.15) is 0 Å². The summed E-state index contributed by atoms with van der Waals surface area (Å²) in [6, 6.07) is 11.5. The molecule has 18 heavy (non-hydrogen) atoms. The highest BCUT2D eigenvalue weighted by atomic mass is 35.5. The molecule has 1 atom stereocenters. The van der Waals surface area contributed by atoms with E-state index in [0.29, 0.717) is 11.6 Å². The lowest BCUT2D eigenvalue weighted by molar-refractivity contribution is 0.561. The van der Waals surface area contributed by atoms with Crippen LogP contribution in [0.3, 0.4) is 0 Å². The van der Waals surface area contributed by atoms with Crippen molar-refractivity contribution in [1.29, 1.82) is 0 Å². The van der Waals surface area contributed by atoms with Crippen LogP contribution in [0, 0.1) is 0 Å². The van der Waals surface area contributed by atoms with Crippen molar-refractivity contribution in [2.75, 3.05) is 0 Å². The molecule has 0 fully saturated rings. The molecular formula is C14H14Cl2N2. The molecule has 0 aliphatic heterocycles. The highest BCUT2D eigenvalue weighted by molar-refractivity contribution is 6.33. The SMILES string of the molecule is CC(NCc1cc(Cl)ccc1Cl)c1ccccn1. The number of pyridine rings is 1. The van der Waals surface area contributed by atoms with E-state index >= 15 is 0 Å². The van der Waals surface area contributed by atoms with E-state index in [4.69, 9.17) is 23.2 Å². The highest BCUT2D eigenvalue weighted by Gasteiger charge is 2.07. The molecule has 2 aromatic rings. The standard InChI is InChI=1S/C14H14Cl2N2/c1-10(14-4-2-3-7-17-14)18-9-11-8-12(15)5-6-13(11)16/h2-8,10,18H,9H2,1H3. The highest BCUT2D eigenvalue weighted by Crippen LogP contribution is 2.21. The number of rotatable bonds is 4. The Kier molecular flexibility index (Phi) is 4.59. The minimum absolute atomic E-state index is 0.168. The second-order valence-corrected chi connectivity index (χ2v) is 4.94. The molecule has 0 aliphatic carbocycles. The van der Waals surface area contributed by atoms with E-state index in [1.807, 2.05) is 30.3 Å². The van der Waals surface area contributed by atoms with Crippen molar-refractivity contribution in [1.82, 2.24) is 10.3 Å². The molecule has 1 unspecified atom stereocenters. The fraction of sp³-hybridized carbons (Fsp3) is 0.214. The van der Waals surface area contributed by atoms with Gasteiger partial charge in [-0.3, -0.25) is 4.98 Å². The Balaban J connectivity index is 2.01. The maximum atomic E-state index is 6.11. The minimum Gasteiger partial charge on any atom is -0.305 e. The quantitative estimate of drug-likeness (QED) is 0.906. The lowest BCUT2D eigenvalue weighted by atomic mass is 10.2. The van der Waals surface area contributed by atoms with Gasteiger partial charge in [-0.25, -0.2) is 0 Å². The average molecular weight is 281 g/mol. The monoisotopic (exact) mass is 280 g/mol. The van der Waals surface area contributed by atoms with Gasteiger partial charge >= 0.3 is 0 Å². The molecule has 0 saturated heterocycles. The molecular weight excluding hydrogens is 267 g/mol. The third-order valence-electron chi connectivity index (χ3n) is 2.74. The third kappa shape index (κ3) is 3.45. The van der Waals surface area contributed by atoms with Crippen molar-refractivity contribution < 1.29 is 0 Å². The van der Waals surface area contributed by atoms with Crippen molar-refractivity contribution in [3.8, 4) is 0 Å². The van der Waals surface area contributed by atoms with Gasteiger partial charge in [-0.1, -0.05) is 29.3 Å². The van der Waals surface area contributed by atoms with Crippen molar-refractivity contribution in [2.45, 2.75) is 19.5 Å². The molecule has 2 nitrogen and oxygen atoms in total. The van der Waals surface area contributed by atoms with Gasteiger partial charge < -0.3 is 5.32 Å². The van der Waals surface area contributed by atoms with E-state index < -0.39 is 0 Å². The van der Waals surface area contributed by atoms with E-state index in [1.165, 1.54) is 0 Å². The van der Waals surface area contributed by atoms with E-state index in [1.54, 1.807) is 12.3 Å². The molecule has 2 rings (SSSR count). The second kappa shape index (κ2) is 6.19. The molecule has 1 N–H and O–H groups in total. The van der Waals surface area contributed by atoms with E-state index in [9.17, 15) is 0 Å². The number of benzene rings is 1. The zero-order chi connectivity index (χ0) is 13.0. The molecule has 0 radical (unpaired) electrons. The Bertz CT molecular complexity index is 514. The molecule has 1 aromatic carbocycles. The molecule has 0 amide bonds. The summed E-state index contributed by atoms with van der Waals surface area (Å²) in [5.41, 5.74) is 2.00. The average Bonchev–Trinajstić information content (AvgIpc) is 2.40. The van der Waals surface area contributed by atoms with Crippen LogP contribution in [0.25, 0.3) is 0 Å². The summed E-state index contributed by atoms with van der Waals surface area (Å²) in [7, 11) is 0. The van der Waals surface area contributed by atoms with Gasteiger partial charge in [0.05, 0.1) is 5.69 Å². The van der Waals surface area contributed by atoms with E-state index in [2.05, 4.69) is 17.2 Å². The van der Waals surface area contributed by atoms with E-state index in [0.717, 1.165) is 16.3 Å². The number of hydrogen-bond donors (Lipinski definition) is 1. The Hall–Kier alpha value is -1.09. The summed E-state index contributed by atoms with van der Waals surface area (Å²) in [6.45, 7) is 2.73. The topological polar surface area (TPSA) is 24.9 Å². The molecule has 0 saturated carbocycles.